The van der Waals surface area contributed by atoms with Gasteiger partial charge in [0.15, 0.2) is 5.41 Å². The van der Waals surface area contributed by atoms with Gasteiger partial charge in [0.1, 0.15) is 17.7 Å². The van der Waals surface area contributed by atoms with Gasteiger partial charge in [-0.1, -0.05) is 0 Å². The number of fused-ring (bicyclic) bond motifs is 1. The van der Waals surface area contributed by atoms with Crippen LogP contribution in [0.25, 0.3) is 0 Å². The van der Waals surface area contributed by atoms with Crippen molar-refractivity contribution in [2.24, 2.45) is 5.41 Å². The van der Waals surface area contributed by atoms with Gasteiger partial charge in [-0.05, 0) is 25.1 Å². The third-order valence-electron chi connectivity index (χ3n) is 3.51. The number of esters is 1. The van der Waals surface area contributed by atoms with Crippen LogP contribution in [0.3, 0.4) is 0 Å². The largest absolute Gasteiger partial charge is 0.490 e. The maximum absolute atomic E-state index is 13.1. The Morgan fingerprint density at radius 2 is 2.25 bits per heavy atom. The molecule has 0 saturated carbocycles. The van der Waals surface area contributed by atoms with Gasteiger partial charge in [-0.25, -0.2) is 4.39 Å². The number of hydrogen-bond donors (Lipinski definition) is 1. The molecular weight excluding hydrogens is 267 g/mol. The lowest BCUT2D eigenvalue weighted by Crippen LogP contribution is -2.41. The first-order chi connectivity index (χ1) is 9.36. The summed E-state index contributed by atoms with van der Waals surface area (Å²) in [6.07, 6.45) is -0.162. The van der Waals surface area contributed by atoms with Crippen molar-refractivity contribution in [2.45, 2.75) is 25.9 Å². The van der Waals surface area contributed by atoms with E-state index in [1.165, 1.54) is 25.1 Å². The maximum atomic E-state index is 13.1. The molecule has 1 aromatic rings. The molecule has 108 valence electrons. The molecule has 2 rings (SSSR count). The molecule has 0 bridgehead atoms. The van der Waals surface area contributed by atoms with Crippen LogP contribution in [0.5, 0.6) is 5.75 Å². The fourth-order valence-corrected chi connectivity index (χ4v) is 2.34. The van der Waals surface area contributed by atoms with Gasteiger partial charge in [0.05, 0.1) is 7.11 Å². The SMILES string of the molecule is COC(=O)C(C)(CC1Cc2cc(F)ccc2O1)C(=O)O. The van der Waals surface area contributed by atoms with E-state index in [-0.39, 0.29) is 12.2 Å². The number of carbonyl (C=O) groups is 2. The Kier molecular flexibility index (Phi) is 3.65. The average Bonchev–Trinajstić information content (AvgIpc) is 2.78. The highest BCUT2D eigenvalue weighted by atomic mass is 19.1. The van der Waals surface area contributed by atoms with Crippen molar-refractivity contribution in [3.05, 3.63) is 29.6 Å². The van der Waals surface area contributed by atoms with Crippen LogP contribution in [0.2, 0.25) is 0 Å². The fourth-order valence-electron chi connectivity index (χ4n) is 2.34. The number of hydrogen-bond acceptors (Lipinski definition) is 4. The predicted octanol–water partition coefficient (Wildman–Crippen LogP) is 1.78. The average molecular weight is 282 g/mol. The number of ether oxygens (including phenoxy) is 2. The van der Waals surface area contributed by atoms with Gasteiger partial charge in [0.25, 0.3) is 0 Å². The van der Waals surface area contributed by atoms with Crippen LogP contribution < -0.4 is 4.74 Å². The second-order valence-corrected chi connectivity index (χ2v) is 5.03. The molecule has 6 heteroatoms. The highest BCUT2D eigenvalue weighted by Crippen LogP contribution is 2.35. The summed E-state index contributed by atoms with van der Waals surface area (Å²) >= 11 is 0. The monoisotopic (exact) mass is 282 g/mol. The molecule has 5 nitrogen and oxygen atoms in total. The minimum Gasteiger partial charge on any atom is -0.490 e. The summed E-state index contributed by atoms with van der Waals surface area (Å²) in [5.74, 6) is -1.94. The molecule has 20 heavy (non-hydrogen) atoms. The van der Waals surface area contributed by atoms with Crippen molar-refractivity contribution >= 4 is 11.9 Å². The van der Waals surface area contributed by atoms with Crippen LogP contribution >= 0.6 is 0 Å². The van der Waals surface area contributed by atoms with Crippen molar-refractivity contribution in [3.63, 3.8) is 0 Å². The van der Waals surface area contributed by atoms with Gasteiger partial charge < -0.3 is 14.6 Å². The van der Waals surface area contributed by atoms with Crippen molar-refractivity contribution < 1.29 is 28.6 Å². The zero-order valence-electron chi connectivity index (χ0n) is 11.2. The standard InChI is InChI=1S/C14H15FO5/c1-14(12(16)17,13(18)19-2)7-10-6-8-5-9(15)3-4-11(8)20-10/h3-5,10H,6-7H2,1-2H3,(H,16,17). The Bertz CT molecular complexity index is 556. The third kappa shape index (κ3) is 2.45. The molecule has 0 fully saturated rings. The van der Waals surface area contributed by atoms with E-state index in [9.17, 15) is 19.1 Å². The lowest BCUT2D eigenvalue weighted by atomic mass is 9.83. The Labute approximate surface area is 115 Å². The number of carbonyl (C=O) groups excluding carboxylic acids is 1. The number of methoxy groups -OCH3 is 1. The summed E-state index contributed by atoms with van der Waals surface area (Å²) in [5.41, 5.74) is -1.01. The van der Waals surface area contributed by atoms with Gasteiger partial charge >= 0.3 is 11.9 Å². The molecule has 2 unspecified atom stereocenters. The normalized spacial score (nSPS) is 19.6. The van der Waals surface area contributed by atoms with Gasteiger partial charge in [0.2, 0.25) is 0 Å². The summed E-state index contributed by atoms with van der Waals surface area (Å²) in [7, 11) is 1.14. The number of carboxylic acid groups (broad SMARTS) is 1. The number of rotatable bonds is 4. The van der Waals surface area contributed by atoms with Gasteiger partial charge in [0, 0.05) is 18.4 Å². The molecule has 0 saturated heterocycles. The molecular formula is C14H15FO5. The number of aliphatic carboxylic acids is 1. The molecule has 0 radical (unpaired) electrons. The molecule has 1 aliphatic rings. The minimum absolute atomic E-state index is 0.0364. The molecule has 2 atom stereocenters. The topological polar surface area (TPSA) is 72.8 Å². The molecule has 0 amide bonds. The molecule has 0 aliphatic carbocycles. The van der Waals surface area contributed by atoms with Crippen LogP contribution in [0.4, 0.5) is 4.39 Å². The van der Waals surface area contributed by atoms with Crippen molar-refractivity contribution in [2.75, 3.05) is 7.11 Å². The third-order valence-corrected chi connectivity index (χ3v) is 3.51. The summed E-state index contributed by atoms with van der Waals surface area (Å²) < 4.78 is 23.2. The minimum atomic E-state index is -1.68. The Hall–Kier alpha value is -2.11. The van der Waals surface area contributed by atoms with Crippen LogP contribution in [0, 0.1) is 11.2 Å². The first kappa shape index (κ1) is 14.3. The highest BCUT2D eigenvalue weighted by molar-refractivity contribution is 5.98. The van der Waals surface area contributed by atoms with Crippen molar-refractivity contribution in [3.8, 4) is 5.75 Å². The van der Waals surface area contributed by atoms with Crippen molar-refractivity contribution in [1.29, 1.82) is 0 Å². The van der Waals surface area contributed by atoms with E-state index < -0.39 is 23.5 Å². The molecule has 1 heterocycles. The van der Waals surface area contributed by atoms with E-state index in [0.29, 0.717) is 17.7 Å². The van der Waals surface area contributed by atoms with E-state index in [1.807, 2.05) is 0 Å². The zero-order valence-corrected chi connectivity index (χ0v) is 11.2. The van der Waals surface area contributed by atoms with E-state index in [2.05, 4.69) is 4.74 Å². The van der Waals surface area contributed by atoms with Crippen LogP contribution in [0.15, 0.2) is 18.2 Å². The quantitative estimate of drug-likeness (QED) is 0.673. The lowest BCUT2D eigenvalue weighted by Gasteiger charge is -2.24. The Balaban J connectivity index is 2.16. The first-order valence-corrected chi connectivity index (χ1v) is 6.13. The smallest absolute Gasteiger partial charge is 0.323 e. The van der Waals surface area contributed by atoms with Crippen LogP contribution in [0.1, 0.15) is 18.9 Å². The van der Waals surface area contributed by atoms with E-state index in [0.717, 1.165) is 7.11 Å². The zero-order chi connectivity index (χ0) is 14.9. The second kappa shape index (κ2) is 5.11. The summed E-state index contributed by atoms with van der Waals surface area (Å²) in [5, 5.41) is 9.24. The maximum Gasteiger partial charge on any atom is 0.323 e. The lowest BCUT2D eigenvalue weighted by molar-refractivity contribution is -0.167. The predicted molar refractivity (Wildman–Crippen MR) is 66.9 cm³/mol. The van der Waals surface area contributed by atoms with Gasteiger partial charge in [-0.3, -0.25) is 9.59 Å². The molecule has 0 aromatic heterocycles. The number of benzene rings is 1. The van der Waals surface area contributed by atoms with E-state index >= 15 is 0 Å². The second-order valence-electron chi connectivity index (χ2n) is 5.03. The highest BCUT2D eigenvalue weighted by Gasteiger charge is 2.46. The van der Waals surface area contributed by atoms with E-state index in [1.54, 1.807) is 0 Å². The molecule has 1 aliphatic heterocycles. The Morgan fingerprint density at radius 3 is 2.85 bits per heavy atom. The number of halogens is 1. The van der Waals surface area contributed by atoms with Gasteiger partial charge in [-0.2, -0.15) is 0 Å². The van der Waals surface area contributed by atoms with E-state index in [4.69, 9.17) is 4.74 Å². The fraction of sp³-hybridized carbons (Fsp3) is 0.429. The summed E-state index contributed by atoms with van der Waals surface area (Å²) in [6.45, 7) is 1.30. The summed E-state index contributed by atoms with van der Waals surface area (Å²) in [4.78, 5) is 23.0. The first-order valence-electron chi connectivity index (χ1n) is 6.13. The van der Waals surface area contributed by atoms with Crippen LogP contribution in [-0.2, 0) is 20.7 Å². The molecule has 1 aromatic carbocycles. The molecule has 1 N–H and O–H groups in total. The van der Waals surface area contributed by atoms with Gasteiger partial charge in [-0.15, -0.1) is 0 Å². The summed E-state index contributed by atoms with van der Waals surface area (Å²) in [6, 6.07) is 4.13. The molecule has 0 spiro atoms. The van der Waals surface area contributed by atoms with Crippen molar-refractivity contribution in [1.82, 2.24) is 0 Å². The number of carboxylic acids is 1. The Morgan fingerprint density at radius 1 is 1.55 bits per heavy atom. The van der Waals surface area contributed by atoms with Crippen LogP contribution in [-0.4, -0.2) is 30.3 Å².